The molecule has 1 aromatic carbocycles. The predicted molar refractivity (Wildman–Crippen MR) is 57.6 cm³/mol. The molecule has 0 aromatic heterocycles. The molecule has 0 spiro atoms. The van der Waals surface area contributed by atoms with Gasteiger partial charge in [0.25, 0.3) is 5.91 Å². The standard InChI is InChI=1S/C10H11N3O3/c11-10(12)13-9(14)6-1-2-7-8(5-6)16-4-3-15-7/h1-2,5H,3-4H2,(H4,11,12,13,14). The van der Waals surface area contributed by atoms with Gasteiger partial charge in [-0.15, -0.1) is 0 Å². The van der Waals surface area contributed by atoms with Crippen LogP contribution < -0.4 is 20.9 Å². The van der Waals surface area contributed by atoms with Crippen LogP contribution in [0.5, 0.6) is 11.5 Å². The summed E-state index contributed by atoms with van der Waals surface area (Å²) in [6, 6.07) is 4.80. The number of carbonyl (C=O) groups excluding carboxylic acids is 1. The molecule has 1 aliphatic heterocycles. The second kappa shape index (κ2) is 4.09. The SMILES string of the molecule is NC(N)=NC(=O)c1ccc2c(c1)OCCO2. The number of guanidine groups is 1. The summed E-state index contributed by atoms with van der Waals surface area (Å²) in [6.45, 7) is 0.973. The van der Waals surface area contributed by atoms with Crippen molar-refractivity contribution in [3.05, 3.63) is 23.8 Å². The average Bonchev–Trinajstić information content (AvgIpc) is 2.27. The Balaban J connectivity index is 2.30. The van der Waals surface area contributed by atoms with Crippen LogP contribution in [-0.2, 0) is 0 Å². The summed E-state index contributed by atoms with van der Waals surface area (Å²) in [5.41, 5.74) is 10.6. The summed E-state index contributed by atoms with van der Waals surface area (Å²) in [5, 5.41) is 0. The van der Waals surface area contributed by atoms with Crippen molar-refractivity contribution in [2.75, 3.05) is 13.2 Å². The molecule has 0 bridgehead atoms. The van der Waals surface area contributed by atoms with Gasteiger partial charge in [-0.25, -0.2) is 0 Å². The third kappa shape index (κ3) is 2.05. The molecule has 2 rings (SSSR count). The molecule has 0 aliphatic carbocycles. The molecule has 0 atom stereocenters. The number of aliphatic imine (C=N–C) groups is 1. The third-order valence-electron chi connectivity index (χ3n) is 2.02. The molecule has 0 saturated carbocycles. The summed E-state index contributed by atoms with van der Waals surface area (Å²) in [4.78, 5) is 14.9. The smallest absolute Gasteiger partial charge is 0.280 e. The van der Waals surface area contributed by atoms with E-state index < -0.39 is 5.91 Å². The highest BCUT2D eigenvalue weighted by Crippen LogP contribution is 2.30. The van der Waals surface area contributed by atoms with E-state index in [1.807, 2.05) is 0 Å². The van der Waals surface area contributed by atoms with E-state index in [0.717, 1.165) is 0 Å². The highest BCUT2D eigenvalue weighted by atomic mass is 16.6. The molecule has 16 heavy (non-hydrogen) atoms. The maximum absolute atomic E-state index is 11.5. The second-order valence-electron chi connectivity index (χ2n) is 3.20. The van der Waals surface area contributed by atoms with Crippen LogP contribution in [0, 0.1) is 0 Å². The average molecular weight is 221 g/mol. The van der Waals surface area contributed by atoms with Crippen molar-refractivity contribution in [2.45, 2.75) is 0 Å². The number of amides is 1. The van der Waals surface area contributed by atoms with Crippen LogP contribution in [0.4, 0.5) is 0 Å². The van der Waals surface area contributed by atoms with Crippen LogP contribution in [-0.4, -0.2) is 25.1 Å². The Labute approximate surface area is 91.8 Å². The van der Waals surface area contributed by atoms with Gasteiger partial charge in [0.15, 0.2) is 17.5 Å². The van der Waals surface area contributed by atoms with Gasteiger partial charge in [0.05, 0.1) is 0 Å². The fourth-order valence-corrected chi connectivity index (χ4v) is 1.36. The first-order chi connectivity index (χ1) is 7.66. The summed E-state index contributed by atoms with van der Waals surface area (Å²) in [6.07, 6.45) is 0. The Bertz CT molecular complexity index is 453. The minimum absolute atomic E-state index is 0.264. The maximum atomic E-state index is 11.5. The minimum Gasteiger partial charge on any atom is -0.486 e. The van der Waals surface area contributed by atoms with Gasteiger partial charge in [-0.05, 0) is 18.2 Å². The summed E-state index contributed by atoms with van der Waals surface area (Å²) >= 11 is 0. The summed E-state index contributed by atoms with van der Waals surface area (Å²) < 4.78 is 10.6. The van der Waals surface area contributed by atoms with E-state index >= 15 is 0 Å². The zero-order valence-electron chi connectivity index (χ0n) is 8.47. The molecule has 0 unspecified atom stereocenters. The van der Waals surface area contributed by atoms with E-state index in [9.17, 15) is 4.79 Å². The fraction of sp³-hybridized carbons (Fsp3) is 0.200. The number of nitrogens with two attached hydrogens (primary N) is 2. The van der Waals surface area contributed by atoms with Crippen LogP contribution in [0.3, 0.4) is 0 Å². The Morgan fingerprint density at radius 1 is 1.19 bits per heavy atom. The van der Waals surface area contributed by atoms with Gasteiger partial charge in [0, 0.05) is 5.56 Å². The van der Waals surface area contributed by atoms with Crippen molar-refractivity contribution in [1.29, 1.82) is 0 Å². The number of benzene rings is 1. The van der Waals surface area contributed by atoms with E-state index in [-0.39, 0.29) is 5.96 Å². The molecule has 1 aromatic rings. The lowest BCUT2D eigenvalue weighted by molar-refractivity contribution is 0.100. The number of nitrogens with zero attached hydrogens (tertiary/aromatic N) is 1. The van der Waals surface area contributed by atoms with Crippen LogP contribution in [0.2, 0.25) is 0 Å². The molecule has 1 heterocycles. The molecule has 84 valence electrons. The monoisotopic (exact) mass is 221 g/mol. The Hall–Kier alpha value is -2.24. The molecule has 6 nitrogen and oxygen atoms in total. The summed E-state index contributed by atoms with van der Waals surface area (Å²) in [5.74, 6) is 0.382. The first-order valence-electron chi connectivity index (χ1n) is 4.70. The predicted octanol–water partition coefficient (Wildman–Crippen LogP) is -0.129. The lowest BCUT2D eigenvalue weighted by Crippen LogP contribution is -2.24. The van der Waals surface area contributed by atoms with Crippen molar-refractivity contribution in [3.63, 3.8) is 0 Å². The molecular formula is C10H11N3O3. The zero-order valence-corrected chi connectivity index (χ0v) is 8.47. The lowest BCUT2D eigenvalue weighted by Gasteiger charge is -2.18. The highest BCUT2D eigenvalue weighted by molar-refractivity contribution is 6.02. The van der Waals surface area contributed by atoms with Crippen molar-refractivity contribution in [1.82, 2.24) is 0 Å². The van der Waals surface area contributed by atoms with Gasteiger partial charge in [-0.1, -0.05) is 0 Å². The fourth-order valence-electron chi connectivity index (χ4n) is 1.36. The summed E-state index contributed by atoms with van der Waals surface area (Å²) in [7, 11) is 0. The topological polar surface area (TPSA) is 99.9 Å². The van der Waals surface area contributed by atoms with Crippen LogP contribution in [0.25, 0.3) is 0 Å². The van der Waals surface area contributed by atoms with Gasteiger partial charge in [-0.3, -0.25) is 4.79 Å². The third-order valence-corrected chi connectivity index (χ3v) is 2.02. The normalized spacial score (nSPS) is 13.0. The van der Waals surface area contributed by atoms with Gasteiger partial charge >= 0.3 is 0 Å². The molecule has 4 N–H and O–H groups in total. The van der Waals surface area contributed by atoms with Gasteiger partial charge in [0.1, 0.15) is 13.2 Å². The van der Waals surface area contributed by atoms with Crippen LogP contribution >= 0.6 is 0 Å². The number of rotatable bonds is 1. The molecule has 6 heteroatoms. The van der Waals surface area contributed by atoms with E-state index in [1.54, 1.807) is 18.2 Å². The zero-order chi connectivity index (χ0) is 11.5. The number of fused-ring (bicyclic) bond motifs is 1. The Morgan fingerprint density at radius 2 is 1.88 bits per heavy atom. The lowest BCUT2D eigenvalue weighted by atomic mass is 10.2. The molecule has 0 radical (unpaired) electrons. The first-order valence-corrected chi connectivity index (χ1v) is 4.70. The van der Waals surface area contributed by atoms with Crippen molar-refractivity contribution in [2.24, 2.45) is 16.5 Å². The van der Waals surface area contributed by atoms with Crippen molar-refractivity contribution < 1.29 is 14.3 Å². The molecule has 1 aliphatic rings. The molecular weight excluding hydrogens is 210 g/mol. The van der Waals surface area contributed by atoms with Gasteiger partial charge < -0.3 is 20.9 Å². The Kier molecular flexibility index (Phi) is 2.63. The van der Waals surface area contributed by atoms with E-state index in [0.29, 0.717) is 30.3 Å². The quantitative estimate of drug-likeness (QED) is 0.508. The van der Waals surface area contributed by atoms with Crippen LogP contribution in [0.1, 0.15) is 10.4 Å². The number of hydrogen-bond acceptors (Lipinski definition) is 3. The molecule has 0 saturated heterocycles. The minimum atomic E-state index is -0.503. The highest BCUT2D eigenvalue weighted by Gasteiger charge is 2.14. The number of carbonyl (C=O) groups is 1. The molecule has 0 fully saturated rings. The largest absolute Gasteiger partial charge is 0.486 e. The number of hydrogen-bond donors (Lipinski definition) is 2. The van der Waals surface area contributed by atoms with Crippen molar-refractivity contribution >= 4 is 11.9 Å². The van der Waals surface area contributed by atoms with E-state index in [2.05, 4.69) is 4.99 Å². The van der Waals surface area contributed by atoms with Crippen molar-refractivity contribution in [3.8, 4) is 11.5 Å². The van der Waals surface area contributed by atoms with Gasteiger partial charge in [0.2, 0.25) is 0 Å². The Morgan fingerprint density at radius 3 is 2.56 bits per heavy atom. The maximum Gasteiger partial charge on any atom is 0.280 e. The van der Waals surface area contributed by atoms with Gasteiger partial charge in [-0.2, -0.15) is 4.99 Å². The molecule has 1 amide bonds. The van der Waals surface area contributed by atoms with E-state index in [4.69, 9.17) is 20.9 Å². The number of ether oxygens (including phenoxy) is 2. The van der Waals surface area contributed by atoms with E-state index in [1.165, 1.54) is 0 Å². The van der Waals surface area contributed by atoms with Crippen LogP contribution in [0.15, 0.2) is 23.2 Å². The first kappa shape index (κ1) is 10.3. The second-order valence-corrected chi connectivity index (χ2v) is 3.20.